The van der Waals surface area contributed by atoms with Crippen LogP contribution in [0.4, 0.5) is 5.69 Å². The molecule has 3 heteroatoms. The summed E-state index contributed by atoms with van der Waals surface area (Å²) in [6.45, 7) is 14.4. The predicted molar refractivity (Wildman–Crippen MR) is 111 cm³/mol. The van der Waals surface area contributed by atoms with Crippen molar-refractivity contribution in [1.82, 2.24) is 0 Å². The van der Waals surface area contributed by atoms with Crippen molar-refractivity contribution < 1.29 is 20.4 Å². The van der Waals surface area contributed by atoms with E-state index in [1.807, 2.05) is 55.2 Å². The van der Waals surface area contributed by atoms with E-state index in [2.05, 4.69) is 56.8 Å². The molecule has 2 N–H and O–H groups in total. The number of hydrogen-bond donors (Lipinski definition) is 1. The Balaban J connectivity index is -0.000000340. The van der Waals surface area contributed by atoms with Crippen molar-refractivity contribution in [3.63, 3.8) is 0 Å². The molecule has 0 saturated carbocycles. The van der Waals surface area contributed by atoms with E-state index < -0.39 is 0 Å². The molecular weight excluding hydrogens is 404 g/mol. The van der Waals surface area contributed by atoms with Crippen molar-refractivity contribution in [2.45, 2.75) is 41.5 Å². The molecule has 0 fully saturated rings. The average molecular weight is 437 g/mol. The van der Waals surface area contributed by atoms with Gasteiger partial charge in [0.15, 0.2) is 0 Å². The van der Waals surface area contributed by atoms with Crippen molar-refractivity contribution >= 4 is 14.9 Å². The second-order valence-electron chi connectivity index (χ2n) is 5.86. The SMILES string of the molecule is CP.C[C-](C)C.C[C-](C)C.Nc1ccccc1-c1[c-]cccc1.[Pd]. The molecule has 0 amide bonds. The smallest absolute Gasteiger partial charge is 0 e. The first-order chi connectivity index (χ1) is 10.8. The van der Waals surface area contributed by atoms with Gasteiger partial charge >= 0.3 is 0 Å². The molecule has 1 atom stereocenters. The molecule has 0 bridgehead atoms. The topological polar surface area (TPSA) is 26.0 Å². The quantitative estimate of drug-likeness (QED) is 0.236. The van der Waals surface area contributed by atoms with Crippen LogP contribution in [0.15, 0.2) is 48.5 Å². The van der Waals surface area contributed by atoms with Gasteiger partial charge in [0.2, 0.25) is 0 Å². The minimum atomic E-state index is 0. The van der Waals surface area contributed by atoms with Crippen LogP contribution < -0.4 is 5.73 Å². The van der Waals surface area contributed by atoms with Gasteiger partial charge in [0.1, 0.15) is 0 Å². The summed E-state index contributed by atoms with van der Waals surface area (Å²) in [5.41, 5.74) is 8.72. The van der Waals surface area contributed by atoms with Crippen molar-refractivity contribution in [1.29, 1.82) is 0 Å². The molecule has 0 aromatic heterocycles. The molecule has 0 aliphatic carbocycles. The number of para-hydroxylation sites is 1. The first-order valence-electron chi connectivity index (χ1n) is 7.77. The van der Waals surface area contributed by atoms with Crippen LogP contribution in [0.25, 0.3) is 11.1 Å². The van der Waals surface area contributed by atoms with E-state index in [0.717, 1.165) is 16.8 Å². The average Bonchev–Trinajstić information content (AvgIpc) is 2.49. The van der Waals surface area contributed by atoms with E-state index >= 15 is 0 Å². The number of rotatable bonds is 1. The Morgan fingerprint density at radius 2 is 1.21 bits per heavy atom. The standard InChI is InChI=1S/C12H10N.2C4H9.CH5P.Pd/c13-12-9-5-4-8-11(12)10-6-2-1-3-7-10;2*1-4(2)3;1-2;/h1-6,8-9H,13H2;2*1-3H3;2H2,1H3;/q3*-1;;. The zero-order valence-corrected chi connectivity index (χ0v) is 18.8. The minimum absolute atomic E-state index is 0. The van der Waals surface area contributed by atoms with E-state index in [4.69, 9.17) is 5.73 Å². The molecule has 2 aromatic carbocycles. The Morgan fingerprint density at radius 1 is 0.792 bits per heavy atom. The third-order valence-electron chi connectivity index (χ3n) is 1.96. The summed E-state index contributed by atoms with van der Waals surface area (Å²) < 4.78 is 0. The fourth-order valence-electron chi connectivity index (χ4n) is 1.30. The van der Waals surface area contributed by atoms with E-state index in [1.54, 1.807) is 0 Å². The zero-order valence-electron chi connectivity index (χ0n) is 16.1. The third kappa shape index (κ3) is 17.7. The van der Waals surface area contributed by atoms with Crippen LogP contribution in [0.5, 0.6) is 0 Å². The molecule has 24 heavy (non-hydrogen) atoms. The summed E-state index contributed by atoms with van der Waals surface area (Å²) in [6.07, 6.45) is 0. The van der Waals surface area contributed by atoms with Gasteiger partial charge in [-0.3, -0.25) is 0 Å². The van der Waals surface area contributed by atoms with Crippen molar-refractivity contribution in [3.8, 4) is 11.1 Å². The van der Waals surface area contributed by atoms with Gasteiger partial charge in [-0.1, -0.05) is 30.4 Å². The van der Waals surface area contributed by atoms with Gasteiger partial charge in [-0.15, -0.1) is 45.1 Å². The summed E-state index contributed by atoms with van der Waals surface area (Å²) >= 11 is 0. The number of nitrogen functional groups attached to an aromatic ring is 1. The van der Waals surface area contributed by atoms with Gasteiger partial charge in [0.25, 0.3) is 0 Å². The molecule has 1 unspecified atom stereocenters. The van der Waals surface area contributed by atoms with Gasteiger partial charge in [-0.25, -0.2) is 0 Å². The van der Waals surface area contributed by atoms with E-state index in [-0.39, 0.29) is 20.4 Å². The number of nitrogens with two attached hydrogens (primary N) is 1. The first-order valence-corrected chi connectivity index (χ1v) is 8.93. The third-order valence-corrected chi connectivity index (χ3v) is 1.96. The Labute approximate surface area is 166 Å². The first kappa shape index (κ1) is 28.1. The maximum absolute atomic E-state index is 5.83. The maximum atomic E-state index is 5.83. The maximum Gasteiger partial charge on any atom is 0 e. The molecule has 0 saturated heterocycles. The van der Waals surface area contributed by atoms with E-state index in [1.165, 1.54) is 11.8 Å². The summed E-state index contributed by atoms with van der Waals surface area (Å²) in [6, 6.07) is 18.8. The second-order valence-corrected chi connectivity index (χ2v) is 5.86. The molecule has 0 aliphatic heterocycles. The number of anilines is 1. The molecule has 0 radical (unpaired) electrons. The Kier molecular flexibility index (Phi) is 21.9. The van der Waals surface area contributed by atoms with E-state index in [9.17, 15) is 0 Å². The van der Waals surface area contributed by atoms with Gasteiger partial charge in [0.05, 0.1) is 0 Å². The Hall–Kier alpha value is -0.668. The fraction of sp³-hybridized carbons (Fsp3) is 0.333. The van der Waals surface area contributed by atoms with Gasteiger partial charge in [0, 0.05) is 20.4 Å². The van der Waals surface area contributed by atoms with Crippen molar-refractivity contribution in [3.05, 3.63) is 66.4 Å². The Morgan fingerprint density at radius 3 is 1.58 bits per heavy atom. The normalized spacial score (nSPS) is 8.58. The van der Waals surface area contributed by atoms with Gasteiger partial charge < -0.3 is 17.6 Å². The van der Waals surface area contributed by atoms with Crippen LogP contribution in [0, 0.1) is 17.9 Å². The molecule has 140 valence electrons. The number of benzene rings is 2. The molecule has 0 spiro atoms. The summed E-state index contributed by atoms with van der Waals surface area (Å²) in [5, 5.41) is 0. The fourth-order valence-corrected chi connectivity index (χ4v) is 1.30. The second kappa shape index (κ2) is 18.7. The van der Waals surface area contributed by atoms with Crippen LogP contribution in [0.3, 0.4) is 0 Å². The van der Waals surface area contributed by atoms with Crippen molar-refractivity contribution in [2.24, 2.45) is 0 Å². The van der Waals surface area contributed by atoms with Crippen LogP contribution in [0.1, 0.15) is 41.5 Å². The molecule has 0 heterocycles. The van der Waals surface area contributed by atoms with Gasteiger partial charge in [-0.2, -0.15) is 41.5 Å². The van der Waals surface area contributed by atoms with Crippen LogP contribution >= 0.6 is 9.24 Å². The zero-order chi connectivity index (χ0) is 18.3. The molecule has 0 aliphatic rings. The van der Waals surface area contributed by atoms with Crippen LogP contribution in [0.2, 0.25) is 0 Å². The summed E-state index contributed by atoms with van der Waals surface area (Å²) in [4.78, 5) is 0. The summed E-state index contributed by atoms with van der Waals surface area (Å²) in [5.74, 6) is 2.83. The Bertz CT molecular complexity index is 473. The molecular formula is C21H33NPPd-3. The molecule has 2 aromatic rings. The summed E-state index contributed by atoms with van der Waals surface area (Å²) in [7, 11) is 2.42. The van der Waals surface area contributed by atoms with Crippen LogP contribution in [-0.4, -0.2) is 6.66 Å². The monoisotopic (exact) mass is 436 g/mol. The minimum Gasteiger partial charge on any atom is -0.406 e. The molecule has 1 nitrogen and oxygen atoms in total. The van der Waals surface area contributed by atoms with Gasteiger partial charge in [-0.05, 0) is 11.8 Å². The number of hydrogen-bond acceptors (Lipinski definition) is 1. The van der Waals surface area contributed by atoms with E-state index in [0.29, 0.717) is 0 Å². The largest absolute Gasteiger partial charge is 0.406 e. The van der Waals surface area contributed by atoms with Crippen molar-refractivity contribution in [2.75, 3.05) is 12.4 Å². The van der Waals surface area contributed by atoms with Crippen LogP contribution in [-0.2, 0) is 20.4 Å². The molecule has 2 rings (SSSR count). The predicted octanol–water partition coefficient (Wildman–Crippen LogP) is 6.47.